The monoisotopic (exact) mass is 330 g/mol. The minimum Gasteiger partial charge on any atom is -0.462 e. The molecule has 0 unspecified atom stereocenters. The number of nitrogens with zero attached hydrogens (tertiary/aromatic N) is 2. The zero-order valence-electron chi connectivity index (χ0n) is 14.4. The normalized spacial score (nSPS) is 10.9. The van der Waals surface area contributed by atoms with Crippen LogP contribution in [0.25, 0.3) is 11.1 Å². The molecule has 0 aliphatic carbocycles. The summed E-state index contributed by atoms with van der Waals surface area (Å²) in [4.78, 5) is 22.8. The molecule has 0 spiro atoms. The summed E-state index contributed by atoms with van der Waals surface area (Å²) in [6.07, 6.45) is 1.92. The van der Waals surface area contributed by atoms with Gasteiger partial charge in [0.1, 0.15) is 0 Å². The number of benzene rings is 1. The van der Waals surface area contributed by atoms with Gasteiger partial charge in [0, 0.05) is 36.1 Å². The first-order valence-corrected chi connectivity index (χ1v) is 7.96. The van der Waals surface area contributed by atoms with E-state index in [-0.39, 0.29) is 11.7 Å². The summed E-state index contributed by atoms with van der Waals surface area (Å²) >= 11 is 0. The molecule has 1 aromatic carbocycles. The van der Waals surface area contributed by atoms with Crippen LogP contribution in [0.5, 0.6) is 0 Å². The summed E-state index contributed by atoms with van der Waals surface area (Å²) < 4.78 is 7.23. The molecule has 1 heterocycles. The Kier molecular flexibility index (Phi) is 5.39. The van der Waals surface area contributed by atoms with Crippen molar-refractivity contribution in [3.63, 3.8) is 0 Å². The predicted octanol–water partition coefficient (Wildman–Crippen LogP) is 4.20. The number of hydrogen-bond donors (Lipinski definition) is 0. The van der Waals surface area contributed by atoms with Crippen molar-refractivity contribution in [2.45, 2.75) is 34.2 Å². The first-order valence-electron chi connectivity index (χ1n) is 7.96. The van der Waals surface area contributed by atoms with Gasteiger partial charge in [-0.25, -0.2) is 4.79 Å². The summed E-state index contributed by atoms with van der Waals surface area (Å²) in [6.45, 7) is 8.95. The molecule has 0 radical (unpaired) electrons. The second kappa shape index (κ2) is 7.29. The Labute approximate surface area is 141 Å². The van der Waals surface area contributed by atoms with E-state index >= 15 is 0 Å². The predicted molar refractivity (Wildman–Crippen MR) is 92.1 cm³/mol. The summed E-state index contributed by atoms with van der Waals surface area (Å²) in [5.74, 6) is 0.0571. The maximum atomic E-state index is 12.4. The number of rotatable bonds is 6. The van der Waals surface area contributed by atoms with Gasteiger partial charge in [0.25, 0.3) is 5.69 Å². The number of esters is 1. The summed E-state index contributed by atoms with van der Waals surface area (Å²) in [6, 6.07) is 6.21. The van der Waals surface area contributed by atoms with Gasteiger partial charge in [0.05, 0.1) is 17.1 Å². The van der Waals surface area contributed by atoms with Crippen molar-refractivity contribution in [1.29, 1.82) is 0 Å². The van der Waals surface area contributed by atoms with Gasteiger partial charge >= 0.3 is 5.97 Å². The zero-order chi connectivity index (χ0) is 17.9. The van der Waals surface area contributed by atoms with Crippen molar-refractivity contribution < 1.29 is 14.5 Å². The van der Waals surface area contributed by atoms with E-state index in [9.17, 15) is 14.9 Å². The van der Waals surface area contributed by atoms with Crippen molar-refractivity contribution in [1.82, 2.24) is 4.57 Å². The summed E-state index contributed by atoms with van der Waals surface area (Å²) in [5, 5.41) is 10.8. The standard InChI is InChI=1S/C18H22N2O4/c1-5-24-18(21)17-13(4)19(10-12(2)3)11-16(17)14-6-8-15(9-7-14)20(22)23/h6-9,11-12H,5,10H2,1-4H3. The molecule has 0 fully saturated rings. The van der Waals surface area contributed by atoms with Crippen molar-refractivity contribution in [3.8, 4) is 11.1 Å². The van der Waals surface area contributed by atoms with Gasteiger partial charge < -0.3 is 9.30 Å². The third kappa shape index (κ3) is 3.64. The number of carbonyl (C=O) groups excluding carboxylic acids is 1. The average molecular weight is 330 g/mol. The van der Waals surface area contributed by atoms with Gasteiger partial charge in [-0.15, -0.1) is 0 Å². The summed E-state index contributed by atoms with van der Waals surface area (Å²) in [5.41, 5.74) is 2.88. The van der Waals surface area contributed by atoms with Crippen LogP contribution in [0, 0.1) is 23.0 Å². The van der Waals surface area contributed by atoms with Crippen LogP contribution in [0.4, 0.5) is 5.69 Å². The van der Waals surface area contributed by atoms with Crippen LogP contribution in [-0.4, -0.2) is 22.1 Å². The molecule has 6 nitrogen and oxygen atoms in total. The number of ether oxygens (including phenoxy) is 1. The Morgan fingerprint density at radius 1 is 1.29 bits per heavy atom. The van der Waals surface area contributed by atoms with E-state index in [0.717, 1.165) is 23.4 Å². The highest BCUT2D eigenvalue weighted by Gasteiger charge is 2.22. The molecule has 6 heteroatoms. The lowest BCUT2D eigenvalue weighted by molar-refractivity contribution is -0.384. The van der Waals surface area contributed by atoms with Gasteiger partial charge in [-0.2, -0.15) is 0 Å². The average Bonchev–Trinajstić information content (AvgIpc) is 2.84. The van der Waals surface area contributed by atoms with Crippen LogP contribution in [0.2, 0.25) is 0 Å². The van der Waals surface area contributed by atoms with E-state index < -0.39 is 4.92 Å². The van der Waals surface area contributed by atoms with Crippen LogP contribution < -0.4 is 0 Å². The number of aromatic nitrogens is 1. The Hall–Kier alpha value is -2.63. The Bertz CT molecular complexity index is 745. The molecule has 0 bridgehead atoms. The number of nitro benzene ring substituents is 1. The van der Waals surface area contributed by atoms with Gasteiger partial charge in [-0.1, -0.05) is 13.8 Å². The lowest BCUT2D eigenvalue weighted by Crippen LogP contribution is -2.09. The van der Waals surface area contributed by atoms with E-state index in [1.165, 1.54) is 12.1 Å². The third-order valence-corrected chi connectivity index (χ3v) is 3.78. The van der Waals surface area contributed by atoms with Crippen molar-refractivity contribution in [2.75, 3.05) is 6.61 Å². The number of non-ortho nitro benzene ring substituents is 1. The Balaban J connectivity index is 2.54. The molecule has 0 N–H and O–H groups in total. The molecule has 128 valence electrons. The van der Waals surface area contributed by atoms with Gasteiger partial charge in [-0.05, 0) is 37.5 Å². The maximum Gasteiger partial charge on any atom is 0.340 e. The molecule has 0 aliphatic heterocycles. The van der Waals surface area contributed by atoms with Crippen LogP contribution in [0.3, 0.4) is 0 Å². The SMILES string of the molecule is CCOC(=O)c1c(-c2ccc([N+](=O)[O-])cc2)cn(CC(C)C)c1C. The van der Waals surface area contributed by atoms with Gasteiger partial charge in [-0.3, -0.25) is 10.1 Å². The van der Waals surface area contributed by atoms with Gasteiger partial charge in [0.2, 0.25) is 0 Å². The molecule has 2 rings (SSSR count). The van der Waals surface area contributed by atoms with E-state index in [1.54, 1.807) is 19.1 Å². The fourth-order valence-electron chi connectivity index (χ4n) is 2.68. The fraction of sp³-hybridized carbons (Fsp3) is 0.389. The van der Waals surface area contributed by atoms with Crippen LogP contribution in [0.1, 0.15) is 36.8 Å². The molecule has 2 aromatic rings. The second-order valence-electron chi connectivity index (χ2n) is 6.07. The minimum atomic E-state index is -0.439. The van der Waals surface area contributed by atoms with E-state index in [0.29, 0.717) is 18.1 Å². The minimum absolute atomic E-state index is 0.0229. The Morgan fingerprint density at radius 3 is 2.42 bits per heavy atom. The maximum absolute atomic E-state index is 12.4. The van der Waals surface area contributed by atoms with Crippen LogP contribution in [-0.2, 0) is 11.3 Å². The first-order chi connectivity index (χ1) is 11.3. The second-order valence-corrected chi connectivity index (χ2v) is 6.07. The van der Waals surface area contributed by atoms with E-state index in [4.69, 9.17) is 4.74 Å². The molecule has 0 saturated carbocycles. The lowest BCUT2D eigenvalue weighted by Gasteiger charge is -2.09. The lowest BCUT2D eigenvalue weighted by atomic mass is 10.0. The molecule has 0 aliphatic rings. The van der Waals surface area contributed by atoms with E-state index in [2.05, 4.69) is 13.8 Å². The summed E-state index contributed by atoms with van der Waals surface area (Å²) in [7, 11) is 0. The highest BCUT2D eigenvalue weighted by molar-refractivity contribution is 5.98. The number of hydrogen-bond acceptors (Lipinski definition) is 4. The molecular weight excluding hydrogens is 308 g/mol. The molecule has 24 heavy (non-hydrogen) atoms. The third-order valence-electron chi connectivity index (χ3n) is 3.78. The smallest absolute Gasteiger partial charge is 0.340 e. The topological polar surface area (TPSA) is 74.4 Å². The first kappa shape index (κ1) is 17.7. The quantitative estimate of drug-likeness (QED) is 0.452. The highest BCUT2D eigenvalue weighted by atomic mass is 16.6. The fourth-order valence-corrected chi connectivity index (χ4v) is 2.68. The molecule has 0 saturated heterocycles. The van der Waals surface area contributed by atoms with Gasteiger partial charge in [0.15, 0.2) is 0 Å². The molecule has 0 amide bonds. The Morgan fingerprint density at radius 2 is 1.92 bits per heavy atom. The molecule has 1 aromatic heterocycles. The number of nitro groups is 1. The highest BCUT2D eigenvalue weighted by Crippen LogP contribution is 2.30. The molecular formula is C18H22N2O4. The van der Waals surface area contributed by atoms with E-state index in [1.807, 2.05) is 17.7 Å². The van der Waals surface area contributed by atoms with Crippen molar-refractivity contribution >= 4 is 11.7 Å². The van der Waals surface area contributed by atoms with Crippen LogP contribution in [0.15, 0.2) is 30.5 Å². The van der Waals surface area contributed by atoms with Crippen molar-refractivity contribution in [2.24, 2.45) is 5.92 Å². The molecule has 0 atom stereocenters. The largest absolute Gasteiger partial charge is 0.462 e. The zero-order valence-corrected chi connectivity index (χ0v) is 14.4. The van der Waals surface area contributed by atoms with Crippen LogP contribution >= 0.6 is 0 Å². The van der Waals surface area contributed by atoms with Crippen molar-refractivity contribution in [3.05, 3.63) is 51.8 Å². The number of carbonyl (C=O) groups is 1.